The van der Waals surface area contributed by atoms with Crippen LogP contribution < -0.4 is 9.05 Å². The van der Waals surface area contributed by atoms with Crippen LogP contribution in [-0.4, -0.2) is 0 Å². The summed E-state index contributed by atoms with van der Waals surface area (Å²) >= 11 is 9.84. The van der Waals surface area contributed by atoms with Gasteiger partial charge in [0.15, 0.2) is 0 Å². The summed E-state index contributed by atoms with van der Waals surface area (Å²) in [5, 5.41) is 0. The van der Waals surface area contributed by atoms with E-state index in [2.05, 4.69) is 24.4 Å². The minimum absolute atomic E-state index is 0.704. The monoisotopic (exact) mass is 338 g/mol. The number of rotatable bonds is 4. The third-order valence-electron chi connectivity index (χ3n) is 2.83. The Morgan fingerprint density at radius 2 is 1.00 bits per heavy atom. The second-order valence-corrected chi connectivity index (χ2v) is 10.4. The van der Waals surface area contributed by atoms with Crippen LogP contribution in [-0.2, 0) is 11.8 Å². The van der Waals surface area contributed by atoms with Crippen molar-refractivity contribution in [2.45, 2.75) is 27.7 Å². The van der Waals surface area contributed by atoms with Crippen molar-refractivity contribution >= 4 is 29.7 Å². The van der Waals surface area contributed by atoms with Crippen molar-refractivity contribution in [1.82, 2.24) is 0 Å². The Hall–Kier alpha value is -0.960. The molecule has 0 unspecified atom stereocenters. The molecule has 2 nitrogen and oxygen atoms in total. The molecule has 0 bridgehead atoms. The second-order valence-electron chi connectivity index (χ2n) is 5.30. The standard InChI is InChI=1S/C16H19O2PS2/c1-11-5-12(2)8-15(7-11)17-19(20,21)18-16-9-13(3)6-14(4)10-16/h5-10H,1-4H3,(H,20,21). The lowest BCUT2D eigenvalue weighted by atomic mass is 10.1. The maximum Gasteiger partial charge on any atom is 0.345 e. The summed E-state index contributed by atoms with van der Waals surface area (Å²) in [5.41, 5.74) is 1.81. The van der Waals surface area contributed by atoms with Crippen LogP contribution in [0.4, 0.5) is 0 Å². The van der Waals surface area contributed by atoms with Crippen LogP contribution in [0.15, 0.2) is 36.4 Å². The second kappa shape index (κ2) is 6.43. The highest BCUT2D eigenvalue weighted by molar-refractivity contribution is 8.60. The molecule has 0 aliphatic carbocycles. The molecule has 2 aromatic rings. The Morgan fingerprint density at radius 1 is 0.714 bits per heavy atom. The van der Waals surface area contributed by atoms with Crippen molar-refractivity contribution in [3.8, 4) is 11.5 Å². The summed E-state index contributed by atoms with van der Waals surface area (Å²) in [6.07, 6.45) is 0. The minimum Gasteiger partial charge on any atom is -0.428 e. The normalized spacial score (nSPS) is 11.3. The van der Waals surface area contributed by atoms with Crippen LogP contribution in [0, 0.1) is 27.7 Å². The first-order chi connectivity index (χ1) is 9.73. The van der Waals surface area contributed by atoms with Gasteiger partial charge in [-0.2, -0.15) is 0 Å². The van der Waals surface area contributed by atoms with Gasteiger partial charge in [0.1, 0.15) is 11.5 Å². The molecule has 0 amide bonds. The van der Waals surface area contributed by atoms with E-state index in [9.17, 15) is 0 Å². The molecule has 0 saturated heterocycles. The molecule has 0 spiro atoms. The summed E-state index contributed by atoms with van der Waals surface area (Å²) in [6, 6.07) is 11.9. The quantitative estimate of drug-likeness (QED) is 0.584. The van der Waals surface area contributed by atoms with Crippen molar-refractivity contribution in [2.75, 3.05) is 0 Å². The highest BCUT2D eigenvalue weighted by atomic mass is 32.9. The Balaban J connectivity index is 2.20. The number of hydrogen-bond donors (Lipinski definition) is 1. The zero-order valence-corrected chi connectivity index (χ0v) is 15.2. The van der Waals surface area contributed by atoms with Crippen LogP contribution in [0.25, 0.3) is 0 Å². The summed E-state index contributed by atoms with van der Waals surface area (Å²) < 4.78 is 11.6. The number of thiol groups is 1. The van der Waals surface area contributed by atoms with Gasteiger partial charge in [-0.3, -0.25) is 0 Å². The van der Waals surface area contributed by atoms with E-state index in [0.717, 1.165) is 22.3 Å². The van der Waals surface area contributed by atoms with Gasteiger partial charge < -0.3 is 9.05 Å². The molecule has 0 radical (unpaired) electrons. The lowest BCUT2D eigenvalue weighted by Crippen LogP contribution is -1.96. The van der Waals surface area contributed by atoms with Gasteiger partial charge in [-0.1, -0.05) is 24.4 Å². The summed E-state index contributed by atoms with van der Waals surface area (Å²) in [5.74, 6) is 1.41. The van der Waals surface area contributed by atoms with Crippen LogP contribution in [0.1, 0.15) is 22.3 Å². The largest absolute Gasteiger partial charge is 0.428 e. The Kier molecular flexibility index (Phi) is 5.03. The maximum absolute atomic E-state index is 5.82. The van der Waals surface area contributed by atoms with Gasteiger partial charge in [-0.15, -0.1) is 0 Å². The van der Waals surface area contributed by atoms with E-state index in [1.807, 2.05) is 52.0 Å². The molecule has 2 rings (SSSR count). The SMILES string of the molecule is Cc1cc(C)cc(OP(=S)(S)Oc2cc(C)cc(C)c2)c1. The van der Waals surface area contributed by atoms with E-state index < -0.39 is 5.69 Å². The van der Waals surface area contributed by atoms with Crippen LogP contribution in [0.5, 0.6) is 11.5 Å². The molecule has 0 atom stereocenters. The maximum atomic E-state index is 5.82. The lowest BCUT2D eigenvalue weighted by Gasteiger charge is -2.19. The zero-order chi connectivity index (χ0) is 15.6. The molecule has 0 N–H and O–H groups in total. The highest BCUT2D eigenvalue weighted by Gasteiger charge is 2.17. The van der Waals surface area contributed by atoms with E-state index in [1.54, 1.807) is 0 Å². The third-order valence-corrected chi connectivity index (χ3v) is 4.65. The summed E-state index contributed by atoms with van der Waals surface area (Å²) in [7, 11) is 0. The molecular formula is C16H19O2PS2. The van der Waals surface area contributed by atoms with E-state index in [4.69, 9.17) is 20.9 Å². The molecule has 0 aliphatic heterocycles. The first-order valence-electron chi connectivity index (χ1n) is 6.62. The van der Waals surface area contributed by atoms with Gasteiger partial charge in [0, 0.05) is 0 Å². The van der Waals surface area contributed by atoms with Gasteiger partial charge in [0.25, 0.3) is 0 Å². The van der Waals surface area contributed by atoms with Gasteiger partial charge in [-0.05, 0) is 86.0 Å². The van der Waals surface area contributed by atoms with Crippen molar-refractivity contribution in [1.29, 1.82) is 0 Å². The third kappa shape index (κ3) is 5.06. The molecule has 21 heavy (non-hydrogen) atoms. The Bertz CT molecular complexity index is 615. The van der Waals surface area contributed by atoms with E-state index in [1.165, 1.54) is 0 Å². The number of aryl methyl sites for hydroxylation is 4. The Morgan fingerprint density at radius 3 is 1.29 bits per heavy atom. The van der Waals surface area contributed by atoms with Crippen molar-refractivity contribution in [3.63, 3.8) is 0 Å². The minimum atomic E-state index is -2.69. The van der Waals surface area contributed by atoms with Gasteiger partial charge in [0.05, 0.1) is 0 Å². The van der Waals surface area contributed by atoms with Gasteiger partial charge in [-0.25, -0.2) is 0 Å². The topological polar surface area (TPSA) is 18.5 Å². The molecule has 112 valence electrons. The Labute approximate surface area is 136 Å². The number of hydrogen-bond acceptors (Lipinski definition) is 3. The summed E-state index contributed by atoms with van der Waals surface area (Å²) in [6.45, 7) is 8.08. The molecule has 0 aromatic heterocycles. The highest BCUT2D eigenvalue weighted by Crippen LogP contribution is 2.53. The first-order valence-corrected chi connectivity index (χ1v) is 10.4. The van der Waals surface area contributed by atoms with Gasteiger partial charge >= 0.3 is 5.69 Å². The molecule has 0 saturated carbocycles. The van der Waals surface area contributed by atoms with Crippen LogP contribution in [0.2, 0.25) is 0 Å². The van der Waals surface area contributed by atoms with Crippen LogP contribution >= 0.6 is 17.9 Å². The fourth-order valence-electron chi connectivity index (χ4n) is 2.26. The van der Waals surface area contributed by atoms with E-state index in [-0.39, 0.29) is 0 Å². The van der Waals surface area contributed by atoms with Gasteiger partial charge in [0.2, 0.25) is 0 Å². The molecule has 0 aliphatic rings. The molecule has 0 heterocycles. The average molecular weight is 338 g/mol. The molecule has 5 heteroatoms. The fraction of sp³-hybridized carbons (Fsp3) is 0.250. The predicted molar refractivity (Wildman–Crippen MR) is 96.4 cm³/mol. The fourth-order valence-corrected chi connectivity index (χ4v) is 4.12. The van der Waals surface area contributed by atoms with E-state index >= 15 is 0 Å². The average Bonchev–Trinajstić information content (AvgIpc) is 2.23. The van der Waals surface area contributed by atoms with Crippen molar-refractivity contribution < 1.29 is 9.05 Å². The predicted octanol–water partition coefficient (Wildman–Crippen LogP) is 5.53. The zero-order valence-electron chi connectivity index (χ0n) is 12.6. The van der Waals surface area contributed by atoms with E-state index in [0.29, 0.717) is 11.5 Å². The van der Waals surface area contributed by atoms with Crippen molar-refractivity contribution in [2.24, 2.45) is 0 Å². The molecule has 2 aromatic carbocycles. The van der Waals surface area contributed by atoms with Crippen LogP contribution in [0.3, 0.4) is 0 Å². The first kappa shape index (κ1) is 16.4. The molecule has 0 fully saturated rings. The van der Waals surface area contributed by atoms with Crippen molar-refractivity contribution in [3.05, 3.63) is 58.7 Å². The molecular weight excluding hydrogens is 319 g/mol. The number of benzene rings is 2. The summed E-state index contributed by atoms with van der Waals surface area (Å²) in [4.78, 5) is 0. The lowest BCUT2D eigenvalue weighted by molar-refractivity contribution is 0.506. The smallest absolute Gasteiger partial charge is 0.345 e.